The smallest absolute Gasteiger partial charge is 0.0342 e. The number of rotatable bonds is 0. The third-order valence-electron chi connectivity index (χ3n) is 3.22. The SMILES string of the molecule is CN1C(C)(C)CC(Br)C1(C)C. The zero-order valence-corrected chi connectivity index (χ0v) is 9.70. The largest absolute Gasteiger partial charge is 0.295 e. The Balaban J connectivity index is 2.89. The van der Waals surface area contributed by atoms with E-state index in [4.69, 9.17) is 0 Å². The second-order valence-corrected chi connectivity index (χ2v) is 5.80. The maximum Gasteiger partial charge on any atom is 0.0342 e. The Labute approximate surface area is 78.3 Å². The molecule has 0 bridgehead atoms. The summed E-state index contributed by atoms with van der Waals surface area (Å²) in [6, 6.07) is 0. The highest BCUT2D eigenvalue weighted by atomic mass is 79.9. The lowest BCUT2D eigenvalue weighted by molar-refractivity contribution is 0.117. The number of alkyl halides is 1. The quantitative estimate of drug-likeness (QED) is 0.567. The van der Waals surface area contributed by atoms with Gasteiger partial charge in [-0.05, 0) is 41.2 Å². The predicted octanol–water partition coefficient (Wildman–Crippen LogP) is 2.64. The second-order valence-electron chi connectivity index (χ2n) is 4.70. The Hall–Kier alpha value is 0.440. The van der Waals surface area contributed by atoms with Crippen LogP contribution in [0.2, 0.25) is 0 Å². The van der Waals surface area contributed by atoms with E-state index in [1.807, 2.05) is 0 Å². The molecule has 0 N–H and O–H groups in total. The fraction of sp³-hybridized carbons (Fsp3) is 1.00. The molecule has 0 amide bonds. The van der Waals surface area contributed by atoms with Gasteiger partial charge in [0.05, 0.1) is 0 Å². The highest BCUT2D eigenvalue weighted by Crippen LogP contribution is 2.42. The Kier molecular flexibility index (Phi) is 2.13. The first-order valence-electron chi connectivity index (χ1n) is 4.16. The zero-order chi connectivity index (χ0) is 8.86. The molecule has 0 aromatic rings. The average Bonchev–Trinajstić information content (AvgIpc) is 1.94. The van der Waals surface area contributed by atoms with Crippen molar-refractivity contribution in [2.45, 2.75) is 50.0 Å². The molecule has 0 saturated carbocycles. The molecule has 11 heavy (non-hydrogen) atoms. The molecule has 1 atom stereocenters. The molecule has 0 aromatic carbocycles. The zero-order valence-electron chi connectivity index (χ0n) is 8.11. The molecule has 66 valence electrons. The van der Waals surface area contributed by atoms with Gasteiger partial charge in [-0.1, -0.05) is 15.9 Å². The highest BCUT2D eigenvalue weighted by molar-refractivity contribution is 9.09. The van der Waals surface area contributed by atoms with E-state index in [-0.39, 0.29) is 0 Å². The van der Waals surface area contributed by atoms with Crippen LogP contribution in [0.5, 0.6) is 0 Å². The molecule has 1 nitrogen and oxygen atoms in total. The van der Waals surface area contributed by atoms with E-state index in [0.29, 0.717) is 15.9 Å². The van der Waals surface area contributed by atoms with Crippen LogP contribution in [-0.4, -0.2) is 27.9 Å². The van der Waals surface area contributed by atoms with Crippen molar-refractivity contribution in [1.29, 1.82) is 0 Å². The number of hydrogen-bond acceptors (Lipinski definition) is 1. The molecule has 1 fully saturated rings. The molecular weight excluding hydrogens is 202 g/mol. The highest BCUT2D eigenvalue weighted by Gasteiger charge is 2.47. The molecular formula is C9H18BrN. The third kappa shape index (κ3) is 1.35. The molecule has 0 aromatic heterocycles. The molecule has 2 heteroatoms. The van der Waals surface area contributed by atoms with Crippen molar-refractivity contribution in [1.82, 2.24) is 4.90 Å². The van der Waals surface area contributed by atoms with Gasteiger partial charge in [-0.25, -0.2) is 0 Å². The molecule has 1 aliphatic heterocycles. The Morgan fingerprint density at radius 1 is 1.27 bits per heavy atom. The number of likely N-dealkylation sites (tertiary alicyclic amines) is 1. The van der Waals surface area contributed by atoms with Gasteiger partial charge in [0.2, 0.25) is 0 Å². The lowest BCUT2D eigenvalue weighted by atomic mass is 10.0. The van der Waals surface area contributed by atoms with Crippen LogP contribution in [0.1, 0.15) is 34.1 Å². The molecule has 0 aliphatic carbocycles. The Bertz CT molecular complexity index is 163. The van der Waals surface area contributed by atoms with Gasteiger partial charge in [0, 0.05) is 15.9 Å². The van der Waals surface area contributed by atoms with Crippen LogP contribution in [-0.2, 0) is 0 Å². The van der Waals surface area contributed by atoms with Gasteiger partial charge in [-0.3, -0.25) is 4.90 Å². The van der Waals surface area contributed by atoms with Crippen molar-refractivity contribution in [2.24, 2.45) is 0 Å². The Morgan fingerprint density at radius 2 is 1.73 bits per heavy atom. The maximum absolute atomic E-state index is 3.73. The van der Waals surface area contributed by atoms with Gasteiger partial charge >= 0.3 is 0 Å². The molecule has 0 radical (unpaired) electrons. The summed E-state index contributed by atoms with van der Waals surface area (Å²) < 4.78 is 0. The monoisotopic (exact) mass is 219 g/mol. The fourth-order valence-electron chi connectivity index (χ4n) is 1.82. The Morgan fingerprint density at radius 3 is 1.82 bits per heavy atom. The first kappa shape index (κ1) is 9.53. The van der Waals surface area contributed by atoms with Gasteiger partial charge in [0.15, 0.2) is 0 Å². The van der Waals surface area contributed by atoms with Crippen molar-refractivity contribution in [3.8, 4) is 0 Å². The maximum atomic E-state index is 3.73. The van der Waals surface area contributed by atoms with Crippen LogP contribution in [0.3, 0.4) is 0 Å². The van der Waals surface area contributed by atoms with Gasteiger partial charge in [-0.2, -0.15) is 0 Å². The van der Waals surface area contributed by atoms with Crippen LogP contribution in [0.15, 0.2) is 0 Å². The van der Waals surface area contributed by atoms with E-state index in [9.17, 15) is 0 Å². The standard InChI is InChI=1S/C9H18BrN/c1-8(2)6-7(10)9(3,4)11(8)5/h7H,6H2,1-5H3. The number of halogens is 1. The van der Waals surface area contributed by atoms with E-state index in [0.717, 1.165) is 0 Å². The normalized spacial score (nSPS) is 36.0. The number of hydrogen-bond donors (Lipinski definition) is 0. The lowest BCUT2D eigenvalue weighted by Crippen LogP contribution is -2.46. The van der Waals surface area contributed by atoms with Crippen LogP contribution in [0.25, 0.3) is 0 Å². The summed E-state index contributed by atoms with van der Waals surface area (Å²) in [5.74, 6) is 0. The minimum atomic E-state index is 0.295. The summed E-state index contributed by atoms with van der Waals surface area (Å²) >= 11 is 3.73. The first-order chi connectivity index (χ1) is 4.78. The number of nitrogens with zero attached hydrogens (tertiary/aromatic N) is 1. The molecule has 0 spiro atoms. The summed E-state index contributed by atoms with van der Waals surface area (Å²) in [6.07, 6.45) is 1.23. The molecule has 1 heterocycles. The molecule has 1 saturated heterocycles. The van der Waals surface area contributed by atoms with Crippen LogP contribution >= 0.6 is 15.9 Å². The minimum absolute atomic E-state index is 0.295. The molecule has 1 rings (SSSR count). The van der Waals surface area contributed by atoms with Gasteiger partial charge in [-0.15, -0.1) is 0 Å². The summed E-state index contributed by atoms with van der Waals surface area (Å²) in [4.78, 5) is 3.08. The van der Waals surface area contributed by atoms with Crippen LogP contribution in [0.4, 0.5) is 0 Å². The fourth-order valence-corrected chi connectivity index (χ4v) is 2.91. The third-order valence-corrected chi connectivity index (χ3v) is 4.66. The van der Waals surface area contributed by atoms with Gasteiger partial charge < -0.3 is 0 Å². The van der Waals surface area contributed by atoms with Gasteiger partial charge in [0.1, 0.15) is 0 Å². The van der Waals surface area contributed by atoms with E-state index in [1.54, 1.807) is 0 Å². The first-order valence-corrected chi connectivity index (χ1v) is 5.08. The summed E-state index contributed by atoms with van der Waals surface area (Å²) in [5.41, 5.74) is 0.640. The molecule has 1 aliphatic rings. The summed E-state index contributed by atoms with van der Waals surface area (Å²) in [5, 5.41) is 0. The van der Waals surface area contributed by atoms with E-state index in [1.165, 1.54) is 6.42 Å². The minimum Gasteiger partial charge on any atom is -0.295 e. The second kappa shape index (κ2) is 2.46. The summed E-state index contributed by atoms with van der Waals surface area (Å²) in [7, 11) is 2.21. The van der Waals surface area contributed by atoms with Crippen LogP contribution < -0.4 is 0 Å². The van der Waals surface area contributed by atoms with Crippen molar-refractivity contribution < 1.29 is 0 Å². The van der Waals surface area contributed by atoms with Crippen molar-refractivity contribution in [2.75, 3.05) is 7.05 Å². The van der Waals surface area contributed by atoms with Crippen molar-refractivity contribution >= 4 is 15.9 Å². The van der Waals surface area contributed by atoms with Crippen molar-refractivity contribution in [3.63, 3.8) is 0 Å². The average molecular weight is 220 g/mol. The predicted molar refractivity (Wildman–Crippen MR) is 53.3 cm³/mol. The van der Waals surface area contributed by atoms with Gasteiger partial charge in [0.25, 0.3) is 0 Å². The topological polar surface area (TPSA) is 3.24 Å². The lowest BCUT2D eigenvalue weighted by Gasteiger charge is -2.37. The van der Waals surface area contributed by atoms with Crippen molar-refractivity contribution in [3.05, 3.63) is 0 Å². The van der Waals surface area contributed by atoms with E-state index >= 15 is 0 Å². The van der Waals surface area contributed by atoms with E-state index < -0.39 is 0 Å². The van der Waals surface area contributed by atoms with Crippen LogP contribution in [0, 0.1) is 0 Å². The molecule has 1 unspecified atom stereocenters. The van der Waals surface area contributed by atoms with E-state index in [2.05, 4.69) is 55.6 Å². The summed E-state index contributed by atoms with van der Waals surface area (Å²) in [6.45, 7) is 9.19.